The van der Waals surface area contributed by atoms with Crippen LogP contribution in [0.25, 0.3) is 11.1 Å². The van der Waals surface area contributed by atoms with Crippen LogP contribution in [-0.2, 0) is 0 Å². The lowest BCUT2D eigenvalue weighted by atomic mass is 9.92. The minimum atomic E-state index is 0.118. The van der Waals surface area contributed by atoms with Crippen molar-refractivity contribution in [2.24, 2.45) is 10.8 Å². The van der Waals surface area contributed by atoms with Gasteiger partial charge < -0.3 is 0 Å². The fraction of sp³-hybridized carbons (Fsp3) is 0.250. The molecule has 122 valence electrons. The predicted octanol–water partition coefficient (Wildman–Crippen LogP) is 6.76. The zero-order valence-electron chi connectivity index (χ0n) is 15.1. The second-order valence-corrected chi connectivity index (χ2v) is 7.85. The summed E-state index contributed by atoms with van der Waals surface area (Å²) in [5.74, 6) is 0. The molecular formula is C24H26. The molecule has 0 unspecified atom stereocenters. The van der Waals surface area contributed by atoms with Crippen LogP contribution in [-0.4, -0.2) is 0 Å². The molecule has 2 aliphatic carbocycles. The summed E-state index contributed by atoms with van der Waals surface area (Å²) in [6, 6.07) is 8.86. The maximum Gasteiger partial charge on any atom is 0.00109 e. The molecule has 0 N–H and O–H groups in total. The van der Waals surface area contributed by atoms with Gasteiger partial charge in [-0.1, -0.05) is 113 Å². The third-order valence-electron chi connectivity index (χ3n) is 4.54. The summed E-state index contributed by atoms with van der Waals surface area (Å²) in [4.78, 5) is 0. The van der Waals surface area contributed by atoms with Crippen LogP contribution >= 0.6 is 0 Å². The van der Waals surface area contributed by atoms with Crippen molar-refractivity contribution < 1.29 is 0 Å². The topological polar surface area (TPSA) is 0 Å². The molecule has 0 nitrogen and oxygen atoms in total. The largest absolute Gasteiger partial charge is 0.0751 e. The van der Waals surface area contributed by atoms with Crippen LogP contribution in [0.4, 0.5) is 0 Å². The fourth-order valence-corrected chi connectivity index (χ4v) is 2.87. The Morgan fingerprint density at radius 1 is 0.542 bits per heavy atom. The van der Waals surface area contributed by atoms with E-state index < -0.39 is 0 Å². The molecule has 0 heteroatoms. The van der Waals surface area contributed by atoms with Crippen molar-refractivity contribution in [2.75, 3.05) is 0 Å². The summed E-state index contributed by atoms with van der Waals surface area (Å²) >= 11 is 0. The first-order valence-corrected chi connectivity index (χ1v) is 8.63. The van der Waals surface area contributed by atoms with E-state index in [2.05, 4.69) is 113 Å². The van der Waals surface area contributed by atoms with Crippen LogP contribution in [0.1, 0.15) is 38.8 Å². The minimum absolute atomic E-state index is 0.118. The Bertz CT molecular complexity index is 716. The molecule has 0 aliphatic heterocycles. The number of allylic oxidation sites excluding steroid dienone is 12. The van der Waals surface area contributed by atoms with Crippen molar-refractivity contribution in [3.05, 3.63) is 96.2 Å². The highest BCUT2D eigenvalue weighted by Crippen LogP contribution is 2.29. The van der Waals surface area contributed by atoms with E-state index >= 15 is 0 Å². The summed E-state index contributed by atoms with van der Waals surface area (Å²) < 4.78 is 0. The molecule has 2 aliphatic rings. The van der Waals surface area contributed by atoms with Crippen LogP contribution in [0.3, 0.4) is 0 Å². The van der Waals surface area contributed by atoms with Crippen molar-refractivity contribution in [1.82, 2.24) is 0 Å². The van der Waals surface area contributed by atoms with Gasteiger partial charge in [0.2, 0.25) is 0 Å². The summed E-state index contributed by atoms with van der Waals surface area (Å²) in [5, 5.41) is 0. The molecule has 1 aromatic carbocycles. The summed E-state index contributed by atoms with van der Waals surface area (Å²) in [6.07, 6.45) is 22.2. The van der Waals surface area contributed by atoms with Crippen molar-refractivity contribution in [2.45, 2.75) is 27.7 Å². The highest BCUT2D eigenvalue weighted by Gasteiger charge is 2.12. The van der Waals surface area contributed by atoms with E-state index in [1.807, 2.05) is 0 Å². The van der Waals surface area contributed by atoms with Crippen LogP contribution in [0.2, 0.25) is 0 Å². The van der Waals surface area contributed by atoms with Gasteiger partial charge in [-0.15, -0.1) is 0 Å². The molecule has 0 saturated carbocycles. The van der Waals surface area contributed by atoms with Crippen molar-refractivity contribution >= 4 is 11.1 Å². The summed E-state index contributed by atoms with van der Waals surface area (Å²) in [5.41, 5.74) is 5.27. The lowest BCUT2D eigenvalue weighted by Crippen LogP contribution is -2.00. The van der Waals surface area contributed by atoms with Gasteiger partial charge in [0.1, 0.15) is 0 Å². The van der Waals surface area contributed by atoms with Gasteiger partial charge in [-0.3, -0.25) is 0 Å². The average molecular weight is 314 g/mol. The standard InChI is InChI=1S/C24H26/c1-23(2)15-5-7-19(13-17-23)21-9-11-22(12-10-21)20-8-6-16-24(3,4)18-14-20/h5-18H,1-4H3. The van der Waals surface area contributed by atoms with Crippen molar-refractivity contribution in [3.63, 3.8) is 0 Å². The Morgan fingerprint density at radius 2 is 0.917 bits per heavy atom. The first-order valence-electron chi connectivity index (χ1n) is 8.63. The van der Waals surface area contributed by atoms with Gasteiger partial charge in [-0.25, -0.2) is 0 Å². The SMILES string of the molecule is CC1(C)C=CC=C(c2ccc(C3=CC=CC(C)(C)C=C3)cc2)C=C1. The second-order valence-electron chi connectivity index (χ2n) is 7.85. The van der Waals surface area contributed by atoms with E-state index in [1.165, 1.54) is 22.3 Å². The Hall–Kier alpha value is -2.34. The lowest BCUT2D eigenvalue weighted by Gasteiger charge is -2.13. The third-order valence-corrected chi connectivity index (χ3v) is 4.54. The van der Waals surface area contributed by atoms with E-state index in [0.29, 0.717) is 0 Å². The molecule has 0 amide bonds. The van der Waals surface area contributed by atoms with E-state index in [9.17, 15) is 0 Å². The van der Waals surface area contributed by atoms with Crippen LogP contribution in [0.5, 0.6) is 0 Å². The maximum absolute atomic E-state index is 2.26. The molecular weight excluding hydrogens is 288 g/mol. The van der Waals surface area contributed by atoms with Crippen LogP contribution in [0, 0.1) is 10.8 Å². The molecule has 0 aromatic heterocycles. The zero-order chi connectivity index (χ0) is 17.2. The van der Waals surface area contributed by atoms with Crippen LogP contribution < -0.4 is 0 Å². The molecule has 24 heavy (non-hydrogen) atoms. The van der Waals surface area contributed by atoms with Crippen molar-refractivity contribution in [3.8, 4) is 0 Å². The van der Waals surface area contributed by atoms with E-state index in [4.69, 9.17) is 0 Å². The minimum Gasteiger partial charge on any atom is -0.0751 e. The van der Waals surface area contributed by atoms with E-state index in [-0.39, 0.29) is 10.8 Å². The number of hydrogen-bond donors (Lipinski definition) is 0. The number of hydrogen-bond acceptors (Lipinski definition) is 0. The Balaban J connectivity index is 1.85. The fourth-order valence-electron chi connectivity index (χ4n) is 2.87. The molecule has 0 atom stereocenters. The van der Waals surface area contributed by atoms with E-state index in [1.54, 1.807) is 0 Å². The van der Waals surface area contributed by atoms with Gasteiger partial charge in [0.25, 0.3) is 0 Å². The van der Waals surface area contributed by atoms with E-state index in [0.717, 1.165) is 0 Å². The molecule has 0 radical (unpaired) electrons. The van der Waals surface area contributed by atoms with Crippen LogP contribution in [0.15, 0.2) is 85.0 Å². The smallest absolute Gasteiger partial charge is 0.00109 e. The quantitative estimate of drug-likeness (QED) is 0.566. The molecule has 3 rings (SSSR count). The summed E-state index contributed by atoms with van der Waals surface area (Å²) in [6.45, 7) is 8.89. The third kappa shape index (κ3) is 3.94. The maximum atomic E-state index is 2.26. The Labute approximate surface area is 146 Å². The molecule has 0 saturated heterocycles. The van der Waals surface area contributed by atoms with Gasteiger partial charge in [-0.05, 0) is 22.3 Å². The Kier molecular flexibility index (Phi) is 4.32. The zero-order valence-corrected chi connectivity index (χ0v) is 15.1. The molecule has 0 fully saturated rings. The van der Waals surface area contributed by atoms with Gasteiger partial charge >= 0.3 is 0 Å². The predicted molar refractivity (Wildman–Crippen MR) is 107 cm³/mol. The highest BCUT2D eigenvalue weighted by atomic mass is 14.2. The molecule has 0 spiro atoms. The molecule has 1 aromatic rings. The molecule has 0 heterocycles. The lowest BCUT2D eigenvalue weighted by molar-refractivity contribution is 0.627. The summed E-state index contributed by atoms with van der Waals surface area (Å²) in [7, 11) is 0. The normalized spacial score (nSPS) is 21.0. The number of rotatable bonds is 2. The van der Waals surface area contributed by atoms with Gasteiger partial charge in [0.05, 0.1) is 0 Å². The first-order chi connectivity index (χ1) is 11.3. The average Bonchev–Trinajstić information content (AvgIpc) is 2.82. The highest BCUT2D eigenvalue weighted by molar-refractivity contribution is 5.80. The molecule has 0 bridgehead atoms. The number of benzene rings is 1. The first kappa shape index (κ1) is 16.5. The monoisotopic (exact) mass is 314 g/mol. The van der Waals surface area contributed by atoms with Gasteiger partial charge in [0, 0.05) is 10.8 Å². The Morgan fingerprint density at radius 3 is 1.29 bits per heavy atom. The van der Waals surface area contributed by atoms with Gasteiger partial charge in [0.15, 0.2) is 0 Å². The van der Waals surface area contributed by atoms with Gasteiger partial charge in [-0.2, -0.15) is 0 Å². The van der Waals surface area contributed by atoms with Crippen molar-refractivity contribution in [1.29, 1.82) is 0 Å². The second kappa shape index (κ2) is 6.28.